The number of esters is 4. The van der Waals surface area contributed by atoms with Crippen molar-refractivity contribution < 1.29 is 57.1 Å². The lowest BCUT2D eigenvalue weighted by atomic mass is 10.2. The Morgan fingerprint density at radius 3 is 1.45 bits per heavy atom. The number of nitrogens with zero attached hydrogens (tertiary/aromatic N) is 1. The zero-order valence-corrected chi connectivity index (χ0v) is 31.2. The average molecular weight is 766 g/mol. The number of rotatable bonds is 22. The number of carbonyl (C=O) groups excluding carboxylic acids is 4. The summed E-state index contributed by atoms with van der Waals surface area (Å²) in [5.41, 5.74) is 1.83. The fraction of sp³-hybridized carbons (Fsp3) is 0.233. The fourth-order valence-electron chi connectivity index (χ4n) is 4.77. The third-order valence-corrected chi connectivity index (χ3v) is 7.70. The van der Waals surface area contributed by atoms with Gasteiger partial charge in [-0.3, -0.25) is 4.99 Å². The molecule has 0 spiro atoms. The molecule has 13 nitrogen and oxygen atoms in total. The molecule has 4 rings (SSSR count). The van der Waals surface area contributed by atoms with Gasteiger partial charge in [-0.2, -0.15) is 0 Å². The van der Waals surface area contributed by atoms with Crippen molar-refractivity contribution in [2.24, 2.45) is 4.99 Å². The van der Waals surface area contributed by atoms with Gasteiger partial charge in [-0.15, -0.1) is 0 Å². The summed E-state index contributed by atoms with van der Waals surface area (Å²) < 4.78 is 43.5. The summed E-state index contributed by atoms with van der Waals surface area (Å²) in [4.78, 5) is 52.4. The zero-order valence-electron chi connectivity index (χ0n) is 31.2. The van der Waals surface area contributed by atoms with Gasteiger partial charge in [0.2, 0.25) is 5.75 Å². The van der Waals surface area contributed by atoms with Crippen molar-refractivity contribution in [2.45, 2.75) is 25.7 Å². The molecule has 0 saturated heterocycles. The molecule has 0 aromatic heterocycles. The van der Waals surface area contributed by atoms with Gasteiger partial charge < -0.3 is 37.9 Å². The summed E-state index contributed by atoms with van der Waals surface area (Å²) in [5.74, 6) is 0.0491. The minimum atomic E-state index is -0.626. The van der Waals surface area contributed by atoms with E-state index >= 15 is 0 Å². The van der Waals surface area contributed by atoms with Crippen LogP contribution in [-0.2, 0) is 19.1 Å². The zero-order chi connectivity index (χ0) is 40.1. The highest BCUT2D eigenvalue weighted by Crippen LogP contribution is 2.39. The molecule has 0 heterocycles. The maximum absolute atomic E-state index is 13.0. The first kappa shape index (κ1) is 41.9. The second-order valence-corrected chi connectivity index (χ2v) is 11.7. The minimum absolute atomic E-state index is 0.101. The summed E-state index contributed by atoms with van der Waals surface area (Å²) in [6, 6.07) is 23.0. The van der Waals surface area contributed by atoms with Crippen LogP contribution < -0.4 is 28.4 Å². The number of methoxy groups -OCH3 is 2. The molecule has 56 heavy (non-hydrogen) atoms. The Bertz CT molecular complexity index is 1940. The first-order chi connectivity index (χ1) is 27.2. The standard InChI is InChI=1S/C43H43NO12/c1-5-39(45)53-25-9-7-23-51-34-17-11-31(12-18-34)42(47)55-36-21-15-33(16-22-36)44-29-30-27-37(49-3)41(38(28-30)50-4)56-43(48)32-13-19-35(20-14-32)52-24-8-10-26-54-40(46)6-2/h5-6,11-22,27-29H,1-2,7-10,23-26H2,3-4H3/b44-29+. The molecule has 4 aromatic rings. The van der Waals surface area contributed by atoms with Crippen molar-refractivity contribution in [2.75, 3.05) is 40.6 Å². The summed E-state index contributed by atoms with van der Waals surface area (Å²) >= 11 is 0. The second-order valence-electron chi connectivity index (χ2n) is 11.7. The fourth-order valence-corrected chi connectivity index (χ4v) is 4.77. The van der Waals surface area contributed by atoms with Crippen molar-refractivity contribution in [1.29, 1.82) is 0 Å². The number of unbranched alkanes of at least 4 members (excludes halogenated alkanes) is 2. The van der Waals surface area contributed by atoms with E-state index in [9.17, 15) is 19.2 Å². The molecule has 0 aliphatic heterocycles. The van der Waals surface area contributed by atoms with E-state index in [2.05, 4.69) is 18.2 Å². The number of hydrogen-bond donors (Lipinski definition) is 0. The number of aliphatic imine (C=N–C) groups is 1. The molecule has 0 unspecified atom stereocenters. The number of ether oxygens (including phenoxy) is 8. The third kappa shape index (κ3) is 13.5. The van der Waals surface area contributed by atoms with Gasteiger partial charge in [0.15, 0.2) is 11.5 Å². The Balaban J connectivity index is 1.27. The van der Waals surface area contributed by atoms with Gasteiger partial charge in [-0.05, 0) is 111 Å². The predicted molar refractivity (Wildman–Crippen MR) is 208 cm³/mol. The topological polar surface area (TPSA) is 154 Å². The maximum atomic E-state index is 13.0. The lowest BCUT2D eigenvalue weighted by Gasteiger charge is -2.14. The Morgan fingerprint density at radius 2 is 1.00 bits per heavy atom. The second kappa shape index (κ2) is 22.4. The van der Waals surface area contributed by atoms with E-state index in [4.69, 9.17) is 37.9 Å². The molecule has 0 aliphatic rings. The molecule has 13 heteroatoms. The Kier molecular flexibility index (Phi) is 16.7. The van der Waals surface area contributed by atoms with Gasteiger partial charge >= 0.3 is 23.9 Å². The molecule has 4 aromatic carbocycles. The molecule has 0 aliphatic carbocycles. The van der Waals surface area contributed by atoms with Crippen LogP contribution in [-0.4, -0.2) is 70.7 Å². The molecule has 0 bridgehead atoms. The lowest BCUT2D eigenvalue weighted by molar-refractivity contribution is -0.138. The van der Waals surface area contributed by atoms with Crippen LogP contribution in [0.4, 0.5) is 5.69 Å². The van der Waals surface area contributed by atoms with Crippen molar-refractivity contribution in [3.05, 3.63) is 127 Å². The van der Waals surface area contributed by atoms with Gasteiger partial charge in [0, 0.05) is 23.9 Å². The maximum Gasteiger partial charge on any atom is 0.343 e. The molecule has 0 radical (unpaired) electrons. The summed E-state index contributed by atoms with van der Waals surface area (Å²) in [6.45, 7) is 8.13. The molecule has 0 N–H and O–H groups in total. The largest absolute Gasteiger partial charge is 0.494 e. The summed E-state index contributed by atoms with van der Waals surface area (Å²) in [6.07, 6.45) is 6.50. The molecular weight excluding hydrogens is 722 g/mol. The Labute approximate surface area is 325 Å². The highest BCUT2D eigenvalue weighted by atomic mass is 16.6. The van der Waals surface area contributed by atoms with E-state index in [1.165, 1.54) is 14.2 Å². The van der Waals surface area contributed by atoms with Gasteiger partial charge in [0.05, 0.1) is 57.5 Å². The number of hydrogen-bond acceptors (Lipinski definition) is 13. The molecular formula is C43H43NO12. The SMILES string of the molecule is C=CC(=O)OCCCCOc1ccc(C(=O)Oc2ccc(/N=C/c3cc(OC)c(OC(=O)c4ccc(OCCCCOC(=O)C=C)cc4)c(OC)c3)cc2)cc1. The van der Waals surface area contributed by atoms with Crippen molar-refractivity contribution in [3.8, 4) is 34.5 Å². The van der Waals surface area contributed by atoms with Crippen LogP contribution >= 0.6 is 0 Å². The highest BCUT2D eigenvalue weighted by molar-refractivity contribution is 5.93. The van der Waals surface area contributed by atoms with Gasteiger partial charge in [0.1, 0.15) is 17.2 Å². The van der Waals surface area contributed by atoms with Crippen molar-refractivity contribution >= 4 is 35.8 Å². The first-order valence-corrected chi connectivity index (χ1v) is 17.6. The summed E-state index contributed by atoms with van der Waals surface area (Å²) in [5, 5.41) is 0. The van der Waals surface area contributed by atoms with Crippen LogP contribution in [0, 0.1) is 0 Å². The van der Waals surface area contributed by atoms with E-state index in [0.29, 0.717) is 79.6 Å². The van der Waals surface area contributed by atoms with Crippen LogP contribution in [0.3, 0.4) is 0 Å². The van der Waals surface area contributed by atoms with Crippen molar-refractivity contribution in [1.82, 2.24) is 0 Å². The molecule has 292 valence electrons. The third-order valence-electron chi connectivity index (χ3n) is 7.70. The van der Waals surface area contributed by atoms with Crippen LogP contribution in [0.1, 0.15) is 52.0 Å². The average Bonchev–Trinajstić information content (AvgIpc) is 3.23. The molecule has 0 atom stereocenters. The Morgan fingerprint density at radius 1 is 0.571 bits per heavy atom. The van der Waals surface area contributed by atoms with Crippen molar-refractivity contribution in [3.63, 3.8) is 0 Å². The number of carbonyl (C=O) groups is 4. The first-order valence-electron chi connectivity index (χ1n) is 17.6. The monoisotopic (exact) mass is 765 g/mol. The van der Waals surface area contributed by atoms with E-state index in [0.717, 1.165) is 12.2 Å². The van der Waals surface area contributed by atoms with E-state index in [-0.39, 0.29) is 29.4 Å². The minimum Gasteiger partial charge on any atom is -0.494 e. The van der Waals surface area contributed by atoms with Crippen LogP contribution in [0.2, 0.25) is 0 Å². The van der Waals surface area contributed by atoms with Gasteiger partial charge in [-0.1, -0.05) is 13.2 Å². The normalized spacial score (nSPS) is 10.5. The van der Waals surface area contributed by atoms with Crippen LogP contribution in [0.15, 0.2) is 115 Å². The highest BCUT2D eigenvalue weighted by Gasteiger charge is 2.19. The van der Waals surface area contributed by atoms with Crippen LogP contribution in [0.5, 0.6) is 34.5 Å². The van der Waals surface area contributed by atoms with E-state index < -0.39 is 23.9 Å². The van der Waals surface area contributed by atoms with Gasteiger partial charge in [-0.25, -0.2) is 19.2 Å². The van der Waals surface area contributed by atoms with E-state index in [1.54, 1.807) is 91.1 Å². The van der Waals surface area contributed by atoms with E-state index in [1.807, 2.05) is 0 Å². The Hall–Kier alpha value is -6.89. The van der Waals surface area contributed by atoms with Gasteiger partial charge in [0.25, 0.3) is 0 Å². The smallest absolute Gasteiger partial charge is 0.343 e. The quantitative estimate of drug-likeness (QED) is 0.0254. The summed E-state index contributed by atoms with van der Waals surface area (Å²) in [7, 11) is 2.89. The molecule has 0 fully saturated rings. The molecule has 0 amide bonds. The predicted octanol–water partition coefficient (Wildman–Crippen LogP) is 7.67. The number of benzene rings is 4. The van der Waals surface area contributed by atoms with Crippen LogP contribution in [0.25, 0.3) is 0 Å². The lowest BCUT2D eigenvalue weighted by Crippen LogP contribution is -2.10. The molecule has 0 saturated carbocycles.